The Morgan fingerprint density at radius 1 is 1.48 bits per heavy atom. The number of ether oxygens (including phenoxy) is 1. The van der Waals surface area contributed by atoms with Crippen LogP contribution in [0.25, 0.3) is 0 Å². The summed E-state index contributed by atoms with van der Waals surface area (Å²) in [6.45, 7) is 3.88. The topological polar surface area (TPSA) is 67.6 Å². The zero-order valence-electron chi connectivity index (χ0n) is 12.0. The minimum atomic E-state index is -0.966. The highest BCUT2D eigenvalue weighted by atomic mass is 16.5. The molecule has 0 radical (unpaired) electrons. The van der Waals surface area contributed by atoms with Gasteiger partial charge in [0.1, 0.15) is 12.2 Å². The van der Waals surface area contributed by atoms with Crippen LogP contribution in [0.15, 0.2) is 24.4 Å². The number of aromatic carboxylic acids is 1. The van der Waals surface area contributed by atoms with Gasteiger partial charge in [-0.05, 0) is 19.1 Å². The second kappa shape index (κ2) is 5.12. The lowest BCUT2D eigenvalue weighted by molar-refractivity contribution is 0.0692. The van der Waals surface area contributed by atoms with Gasteiger partial charge in [0.2, 0.25) is 0 Å². The third-order valence-corrected chi connectivity index (χ3v) is 3.65. The Kier molecular flexibility index (Phi) is 3.29. The molecule has 1 aliphatic heterocycles. The molecule has 0 fully saturated rings. The van der Waals surface area contributed by atoms with E-state index in [0.717, 1.165) is 23.5 Å². The number of para-hydroxylation sites is 1. The predicted molar refractivity (Wildman–Crippen MR) is 77.9 cm³/mol. The molecule has 2 aromatic rings. The zero-order valence-corrected chi connectivity index (χ0v) is 12.0. The van der Waals surface area contributed by atoms with Crippen molar-refractivity contribution in [2.24, 2.45) is 7.05 Å². The molecule has 0 unspecified atom stereocenters. The first-order valence-corrected chi connectivity index (χ1v) is 6.79. The van der Waals surface area contributed by atoms with Crippen LogP contribution in [0.2, 0.25) is 0 Å². The molecule has 1 aromatic carbocycles. The number of carbonyl (C=O) groups is 1. The summed E-state index contributed by atoms with van der Waals surface area (Å²) in [5.41, 5.74) is 3.15. The van der Waals surface area contributed by atoms with Gasteiger partial charge in [-0.1, -0.05) is 6.07 Å². The fraction of sp³-hybridized carbons (Fsp3) is 0.333. The maximum Gasteiger partial charge on any atom is 0.339 e. The van der Waals surface area contributed by atoms with Crippen LogP contribution in [0.1, 0.15) is 21.6 Å². The Hall–Kier alpha value is -2.50. The maximum absolute atomic E-state index is 11.3. The molecule has 0 atom stereocenters. The van der Waals surface area contributed by atoms with E-state index >= 15 is 0 Å². The maximum atomic E-state index is 11.3. The van der Waals surface area contributed by atoms with Gasteiger partial charge in [-0.15, -0.1) is 0 Å². The molecule has 6 nitrogen and oxygen atoms in total. The SMILES string of the molecule is Cc1nn(C)cc1CN1CCOc2c(C(=O)O)cccc21. The summed E-state index contributed by atoms with van der Waals surface area (Å²) >= 11 is 0. The molecule has 0 saturated carbocycles. The normalized spacial score (nSPS) is 13.7. The number of fused-ring (bicyclic) bond motifs is 1. The van der Waals surface area contributed by atoms with Crippen LogP contribution < -0.4 is 9.64 Å². The van der Waals surface area contributed by atoms with E-state index < -0.39 is 5.97 Å². The number of rotatable bonds is 3. The molecule has 1 N–H and O–H groups in total. The molecule has 0 saturated heterocycles. The third-order valence-electron chi connectivity index (χ3n) is 3.65. The molecular weight excluding hydrogens is 270 g/mol. The van der Waals surface area contributed by atoms with Gasteiger partial charge in [0.25, 0.3) is 0 Å². The van der Waals surface area contributed by atoms with Gasteiger partial charge < -0.3 is 14.7 Å². The molecule has 110 valence electrons. The minimum absolute atomic E-state index is 0.208. The average molecular weight is 287 g/mol. The number of aromatic nitrogens is 2. The van der Waals surface area contributed by atoms with E-state index in [9.17, 15) is 9.90 Å². The Morgan fingerprint density at radius 3 is 2.95 bits per heavy atom. The zero-order chi connectivity index (χ0) is 15.0. The molecular formula is C15H17N3O3. The summed E-state index contributed by atoms with van der Waals surface area (Å²) in [7, 11) is 1.90. The number of hydrogen-bond donors (Lipinski definition) is 1. The van der Waals surface area contributed by atoms with Gasteiger partial charge >= 0.3 is 5.97 Å². The monoisotopic (exact) mass is 287 g/mol. The van der Waals surface area contributed by atoms with E-state index in [0.29, 0.717) is 18.9 Å². The first kappa shape index (κ1) is 13.5. The Labute approximate surface area is 122 Å². The highest BCUT2D eigenvalue weighted by Gasteiger charge is 2.24. The number of benzene rings is 1. The lowest BCUT2D eigenvalue weighted by Gasteiger charge is -2.31. The summed E-state index contributed by atoms with van der Waals surface area (Å²) in [6, 6.07) is 5.21. The fourth-order valence-electron chi connectivity index (χ4n) is 2.65. The van der Waals surface area contributed by atoms with Crippen molar-refractivity contribution in [3.8, 4) is 5.75 Å². The first-order valence-electron chi connectivity index (χ1n) is 6.79. The van der Waals surface area contributed by atoms with Crippen molar-refractivity contribution in [2.45, 2.75) is 13.5 Å². The number of aryl methyl sites for hydroxylation is 2. The molecule has 6 heteroatoms. The molecule has 0 aliphatic carbocycles. The Bertz CT molecular complexity index is 693. The molecule has 0 amide bonds. The largest absolute Gasteiger partial charge is 0.489 e. The van der Waals surface area contributed by atoms with E-state index in [1.165, 1.54) is 0 Å². The van der Waals surface area contributed by atoms with E-state index in [2.05, 4.69) is 10.00 Å². The molecule has 0 bridgehead atoms. The molecule has 1 aromatic heterocycles. The molecule has 0 spiro atoms. The number of nitrogens with zero attached hydrogens (tertiary/aromatic N) is 3. The summed E-state index contributed by atoms with van der Waals surface area (Å²) in [4.78, 5) is 13.4. The van der Waals surface area contributed by atoms with Crippen LogP contribution in [0.3, 0.4) is 0 Å². The standard InChI is InChI=1S/C15H17N3O3/c1-10-11(8-17(2)16-10)9-18-6-7-21-14-12(15(19)20)4-3-5-13(14)18/h3-5,8H,6-7,9H2,1-2H3,(H,19,20). The van der Waals surface area contributed by atoms with Crippen LogP contribution >= 0.6 is 0 Å². The quantitative estimate of drug-likeness (QED) is 0.932. The van der Waals surface area contributed by atoms with E-state index in [-0.39, 0.29) is 5.56 Å². The van der Waals surface area contributed by atoms with Gasteiger partial charge in [-0.25, -0.2) is 4.79 Å². The van der Waals surface area contributed by atoms with E-state index in [1.807, 2.05) is 26.2 Å². The number of carboxylic acids is 1. The smallest absolute Gasteiger partial charge is 0.339 e. The lowest BCUT2D eigenvalue weighted by Crippen LogP contribution is -2.33. The molecule has 1 aliphatic rings. The minimum Gasteiger partial charge on any atom is -0.489 e. The van der Waals surface area contributed by atoms with Crippen molar-refractivity contribution in [3.63, 3.8) is 0 Å². The van der Waals surface area contributed by atoms with Crippen LogP contribution in [0.4, 0.5) is 5.69 Å². The third kappa shape index (κ3) is 2.44. The summed E-state index contributed by atoms with van der Waals surface area (Å²) in [6.07, 6.45) is 1.99. The molecule has 21 heavy (non-hydrogen) atoms. The second-order valence-electron chi connectivity index (χ2n) is 5.14. The Balaban J connectivity index is 1.96. The van der Waals surface area contributed by atoms with Crippen LogP contribution in [0.5, 0.6) is 5.75 Å². The van der Waals surface area contributed by atoms with Crippen LogP contribution in [-0.2, 0) is 13.6 Å². The number of anilines is 1. The van der Waals surface area contributed by atoms with Crippen LogP contribution in [0, 0.1) is 6.92 Å². The van der Waals surface area contributed by atoms with Crippen molar-refractivity contribution >= 4 is 11.7 Å². The highest BCUT2D eigenvalue weighted by Crippen LogP contribution is 2.35. The van der Waals surface area contributed by atoms with Crippen molar-refractivity contribution in [3.05, 3.63) is 41.2 Å². The average Bonchev–Trinajstić information content (AvgIpc) is 2.76. The fourth-order valence-corrected chi connectivity index (χ4v) is 2.65. The predicted octanol–water partition coefficient (Wildman–Crippen LogP) is 1.83. The lowest BCUT2D eigenvalue weighted by atomic mass is 10.1. The number of carboxylic acid groups (broad SMARTS) is 1. The van der Waals surface area contributed by atoms with Crippen molar-refractivity contribution in [1.29, 1.82) is 0 Å². The van der Waals surface area contributed by atoms with Gasteiger partial charge in [0, 0.05) is 25.4 Å². The number of hydrogen-bond acceptors (Lipinski definition) is 4. The summed E-state index contributed by atoms with van der Waals surface area (Å²) < 4.78 is 7.37. The van der Waals surface area contributed by atoms with E-state index in [4.69, 9.17) is 4.74 Å². The van der Waals surface area contributed by atoms with E-state index in [1.54, 1.807) is 16.8 Å². The van der Waals surface area contributed by atoms with Gasteiger partial charge in [0.15, 0.2) is 5.75 Å². The first-order chi connectivity index (χ1) is 10.1. The molecule has 2 heterocycles. The molecule has 3 rings (SSSR count). The summed E-state index contributed by atoms with van der Waals surface area (Å²) in [5.74, 6) is -0.510. The van der Waals surface area contributed by atoms with Crippen molar-refractivity contribution < 1.29 is 14.6 Å². The summed E-state index contributed by atoms with van der Waals surface area (Å²) in [5, 5.41) is 13.6. The van der Waals surface area contributed by atoms with Gasteiger partial charge in [0.05, 0.1) is 17.9 Å². The van der Waals surface area contributed by atoms with Gasteiger partial charge in [-0.3, -0.25) is 4.68 Å². The second-order valence-corrected chi connectivity index (χ2v) is 5.14. The van der Waals surface area contributed by atoms with Crippen molar-refractivity contribution in [1.82, 2.24) is 9.78 Å². The van der Waals surface area contributed by atoms with Crippen LogP contribution in [-0.4, -0.2) is 34.0 Å². The van der Waals surface area contributed by atoms with Crippen molar-refractivity contribution in [2.75, 3.05) is 18.1 Å². The Morgan fingerprint density at radius 2 is 2.29 bits per heavy atom. The van der Waals surface area contributed by atoms with Gasteiger partial charge in [-0.2, -0.15) is 5.10 Å². The highest BCUT2D eigenvalue weighted by molar-refractivity contribution is 5.93.